The quantitative estimate of drug-likeness (QED) is 0.782. The molecule has 1 aliphatic rings. The van der Waals surface area contributed by atoms with Gasteiger partial charge in [0.1, 0.15) is 5.69 Å². The van der Waals surface area contributed by atoms with Gasteiger partial charge in [0, 0.05) is 13.6 Å². The summed E-state index contributed by atoms with van der Waals surface area (Å²) in [6, 6.07) is 0. The molecule has 2 aromatic rings. The maximum Gasteiger partial charge on any atom is 0.196 e. The summed E-state index contributed by atoms with van der Waals surface area (Å²) in [4.78, 5) is 20.1. The van der Waals surface area contributed by atoms with Crippen molar-refractivity contribution in [3.63, 3.8) is 0 Å². The molecule has 0 saturated carbocycles. The van der Waals surface area contributed by atoms with Crippen LogP contribution in [0, 0.1) is 6.92 Å². The second kappa shape index (κ2) is 3.53. The average molecular weight is 232 g/mol. The van der Waals surface area contributed by atoms with E-state index in [4.69, 9.17) is 4.42 Å². The minimum absolute atomic E-state index is 0.0188. The van der Waals surface area contributed by atoms with Crippen molar-refractivity contribution in [2.45, 2.75) is 13.5 Å². The first-order chi connectivity index (χ1) is 8.18. The maximum atomic E-state index is 11.7. The van der Waals surface area contributed by atoms with E-state index in [0.717, 1.165) is 11.4 Å². The van der Waals surface area contributed by atoms with Gasteiger partial charge in [-0.05, 0) is 6.92 Å². The highest BCUT2D eigenvalue weighted by Gasteiger charge is 2.26. The van der Waals surface area contributed by atoms with E-state index in [1.54, 1.807) is 0 Å². The Kier molecular flexibility index (Phi) is 2.12. The van der Waals surface area contributed by atoms with E-state index < -0.39 is 0 Å². The van der Waals surface area contributed by atoms with E-state index in [9.17, 15) is 4.79 Å². The number of ketones is 1. The van der Waals surface area contributed by atoms with Gasteiger partial charge in [0.15, 0.2) is 23.8 Å². The number of hydrogen-bond donors (Lipinski definition) is 1. The van der Waals surface area contributed by atoms with Gasteiger partial charge in [-0.3, -0.25) is 4.79 Å². The van der Waals surface area contributed by atoms with Gasteiger partial charge in [0.2, 0.25) is 0 Å². The van der Waals surface area contributed by atoms with Crippen LogP contribution in [0.25, 0.3) is 11.6 Å². The molecule has 0 bridgehead atoms. The van der Waals surface area contributed by atoms with Gasteiger partial charge in [-0.2, -0.15) is 0 Å². The zero-order valence-corrected chi connectivity index (χ0v) is 9.65. The molecule has 0 spiro atoms. The summed E-state index contributed by atoms with van der Waals surface area (Å²) in [5, 5.41) is 3.05. The number of aromatic nitrogens is 3. The molecule has 0 fully saturated rings. The molecule has 1 aliphatic heterocycles. The molecule has 0 aromatic carbocycles. The van der Waals surface area contributed by atoms with Crippen molar-refractivity contribution in [1.82, 2.24) is 19.9 Å². The summed E-state index contributed by atoms with van der Waals surface area (Å²) in [6.45, 7) is 2.85. The zero-order chi connectivity index (χ0) is 12.0. The first-order valence-electron chi connectivity index (χ1n) is 5.38. The summed E-state index contributed by atoms with van der Waals surface area (Å²) in [5.74, 6) is 1.29. The fourth-order valence-corrected chi connectivity index (χ4v) is 2.06. The number of nitrogens with zero attached hydrogens (tertiary/aromatic N) is 3. The molecule has 6 nitrogen and oxygen atoms in total. The number of Topliss-reactive ketones (excluding diaryl/α,β-unsaturated/α-hetero) is 1. The molecule has 0 unspecified atom stereocenters. The average Bonchev–Trinajstić information content (AvgIpc) is 2.85. The van der Waals surface area contributed by atoms with Crippen molar-refractivity contribution in [2.75, 3.05) is 6.54 Å². The summed E-state index contributed by atoms with van der Waals surface area (Å²) >= 11 is 0. The van der Waals surface area contributed by atoms with E-state index in [-0.39, 0.29) is 5.78 Å². The lowest BCUT2D eigenvalue weighted by Crippen LogP contribution is -2.30. The van der Waals surface area contributed by atoms with E-state index in [1.807, 2.05) is 18.5 Å². The molecule has 1 N–H and O–H groups in total. The lowest BCUT2D eigenvalue weighted by Gasteiger charge is -2.12. The van der Waals surface area contributed by atoms with Gasteiger partial charge in [-0.1, -0.05) is 0 Å². The Morgan fingerprint density at radius 2 is 2.29 bits per heavy atom. The fourth-order valence-electron chi connectivity index (χ4n) is 2.06. The first kappa shape index (κ1) is 10.2. The molecular weight excluding hydrogens is 220 g/mol. The minimum atomic E-state index is 0.0188. The maximum absolute atomic E-state index is 11.7. The Bertz CT molecular complexity index is 597. The standard InChI is InChI=1S/C11H12N4O2/c1-6-10(17-5-13-6)11-14-9-7(15(11)2)3-12-4-8(9)16/h5,12H,3-4H2,1-2H3. The Labute approximate surface area is 97.7 Å². The lowest BCUT2D eigenvalue weighted by atomic mass is 10.1. The van der Waals surface area contributed by atoms with Crippen LogP contribution in [-0.2, 0) is 13.6 Å². The van der Waals surface area contributed by atoms with Crippen molar-refractivity contribution < 1.29 is 9.21 Å². The molecule has 0 radical (unpaired) electrons. The number of oxazole rings is 1. The second-order valence-corrected chi connectivity index (χ2v) is 4.08. The van der Waals surface area contributed by atoms with Crippen LogP contribution in [0.1, 0.15) is 21.9 Å². The molecule has 0 saturated heterocycles. The van der Waals surface area contributed by atoms with E-state index >= 15 is 0 Å². The third-order valence-electron chi connectivity index (χ3n) is 3.00. The Morgan fingerprint density at radius 3 is 2.94 bits per heavy atom. The number of nitrogens with one attached hydrogen (secondary N) is 1. The molecule has 17 heavy (non-hydrogen) atoms. The zero-order valence-electron chi connectivity index (χ0n) is 9.65. The van der Waals surface area contributed by atoms with Crippen molar-refractivity contribution in [2.24, 2.45) is 7.05 Å². The van der Waals surface area contributed by atoms with E-state index in [1.165, 1.54) is 6.39 Å². The molecular formula is C11H12N4O2. The highest BCUT2D eigenvalue weighted by Crippen LogP contribution is 2.25. The third kappa shape index (κ3) is 1.41. The molecule has 0 aliphatic carbocycles. The highest BCUT2D eigenvalue weighted by molar-refractivity contribution is 5.98. The molecule has 3 heterocycles. The summed E-state index contributed by atoms with van der Waals surface area (Å²) in [5.41, 5.74) is 2.21. The van der Waals surface area contributed by atoms with Gasteiger partial charge in [-0.15, -0.1) is 0 Å². The predicted molar refractivity (Wildman–Crippen MR) is 59.5 cm³/mol. The summed E-state index contributed by atoms with van der Waals surface area (Å²) in [7, 11) is 1.88. The van der Waals surface area contributed by atoms with Crippen LogP contribution in [0.3, 0.4) is 0 Å². The second-order valence-electron chi connectivity index (χ2n) is 4.08. The monoisotopic (exact) mass is 232 g/mol. The molecule has 2 aromatic heterocycles. The van der Waals surface area contributed by atoms with Crippen molar-refractivity contribution in [3.05, 3.63) is 23.5 Å². The van der Waals surface area contributed by atoms with Crippen LogP contribution < -0.4 is 5.32 Å². The number of hydrogen-bond acceptors (Lipinski definition) is 5. The van der Waals surface area contributed by atoms with Gasteiger partial charge in [0.05, 0.1) is 17.9 Å². The number of aryl methyl sites for hydroxylation is 1. The highest BCUT2D eigenvalue weighted by atomic mass is 16.3. The molecule has 0 atom stereocenters. The molecule has 3 rings (SSSR count). The van der Waals surface area contributed by atoms with Crippen LogP contribution in [0.5, 0.6) is 0 Å². The first-order valence-corrected chi connectivity index (χ1v) is 5.38. The fraction of sp³-hybridized carbons (Fsp3) is 0.364. The Morgan fingerprint density at radius 1 is 1.47 bits per heavy atom. The van der Waals surface area contributed by atoms with Crippen molar-refractivity contribution >= 4 is 5.78 Å². The lowest BCUT2D eigenvalue weighted by molar-refractivity contribution is 0.0977. The van der Waals surface area contributed by atoms with Crippen LogP contribution in [0.4, 0.5) is 0 Å². The van der Waals surface area contributed by atoms with Gasteiger partial charge >= 0.3 is 0 Å². The Hall–Kier alpha value is -1.95. The van der Waals surface area contributed by atoms with E-state index in [2.05, 4.69) is 15.3 Å². The largest absolute Gasteiger partial charge is 0.440 e. The smallest absolute Gasteiger partial charge is 0.196 e. The van der Waals surface area contributed by atoms with E-state index in [0.29, 0.717) is 30.4 Å². The number of fused-ring (bicyclic) bond motifs is 1. The van der Waals surface area contributed by atoms with Gasteiger partial charge in [0.25, 0.3) is 0 Å². The topological polar surface area (TPSA) is 73.0 Å². The normalized spacial score (nSPS) is 15.1. The number of carbonyl (C=O) groups excluding carboxylic acids is 1. The molecule has 88 valence electrons. The summed E-state index contributed by atoms with van der Waals surface area (Å²) < 4.78 is 7.20. The molecule has 6 heteroatoms. The number of rotatable bonds is 1. The van der Waals surface area contributed by atoms with Crippen LogP contribution in [-0.4, -0.2) is 26.9 Å². The minimum Gasteiger partial charge on any atom is -0.440 e. The van der Waals surface area contributed by atoms with Gasteiger partial charge in [-0.25, -0.2) is 9.97 Å². The van der Waals surface area contributed by atoms with Crippen LogP contribution >= 0.6 is 0 Å². The predicted octanol–water partition coefficient (Wildman–Crippen LogP) is 0.669. The SMILES string of the molecule is Cc1ncoc1-c1nc2c(n1C)CNCC2=O. The molecule has 0 amide bonds. The Balaban J connectivity index is 2.20. The number of carbonyl (C=O) groups is 1. The van der Waals surface area contributed by atoms with Crippen LogP contribution in [0.2, 0.25) is 0 Å². The van der Waals surface area contributed by atoms with Crippen molar-refractivity contribution in [3.8, 4) is 11.6 Å². The third-order valence-corrected chi connectivity index (χ3v) is 3.00. The summed E-state index contributed by atoms with van der Waals surface area (Å²) in [6.07, 6.45) is 1.39. The van der Waals surface area contributed by atoms with Crippen molar-refractivity contribution in [1.29, 1.82) is 0 Å². The van der Waals surface area contributed by atoms with Gasteiger partial charge < -0.3 is 14.3 Å². The number of imidazole rings is 1. The van der Waals surface area contributed by atoms with Crippen LogP contribution in [0.15, 0.2) is 10.8 Å².